The van der Waals surface area contributed by atoms with Gasteiger partial charge in [-0.2, -0.15) is 10.2 Å². The van der Waals surface area contributed by atoms with E-state index in [-0.39, 0.29) is 5.54 Å². The van der Waals surface area contributed by atoms with Crippen molar-refractivity contribution in [2.45, 2.75) is 69.9 Å². The van der Waals surface area contributed by atoms with Crippen LogP contribution in [0.15, 0.2) is 18.3 Å². The molecular formula is C22H28FN7O3. The second-order valence-electron chi connectivity index (χ2n) is 9.22. The Labute approximate surface area is 190 Å². The van der Waals surface area contributed by atoms with Crippen LogP contribution in [0, 0.1) is 6.92 Å². The molecule has 0 saturated heterocycles. The maximum absolute atomic E-state index is 15.1. The number of ether oxygens (including phenoxy) is 2. The highest BCUT2D eigenvalue weighted by molar-refractivity contribution is 5.72. The Morgan fingerprint density at radius 2 is 2.18 bits per heavy atom. The van der Waals surface area contributed by atoms with E-state index in [0.717, 1.165) is 29.7 Å². The molecule has 1 amide bonds. The van der Waals surface area contributed by atoms with Crippen LogP contribution in [0.3, 0.4) is 0 Å². The fourth-order valence-corrected chi connectivity index (χ4v) is 4.28. The summed E-state index contributed by atoms with van der Waals surface area (Å²) in [5, 5.41) is 17.7. The van der Waals surface area contributed by atoms with Crippen LogP contribution in [0.25, 0.3) is 5.52 Å². The molecule has 2 fully saturated rings. The summed E-state index contributed by atoms with van der Waals surface area (Å²) in [6.07, 6.45) is 2.11. The van der Waals surface area contributed by atoms with E-state index in [9.17, 15) is 4.79 Å². The van der Waals surface area contributed by atoms with E-state index in [0.29, 0.717) is 36.8 Å². The first-order chi connectivity index (χ1) is 15.8. The molecule has 11 heteroatoms. The standard InChI is InChI=1S/C22H28FN7O3/c1-12-10-30-16(8-13(29-30)11-32-3)20(24-12)25-18-9-15(27-28-18)14-4-5-17(19(14)23)33-21(31)26-22(2)6-7-22/h8-10,14,17,19H,4-7,11H2,1-3H3,(H,26,31)(H2,24,25,27,28)/t14-,17-,19-/m1/s1. The molecule has 33 heavy (non-hydrogen) atoms. The first-order valence-electron chi connectivity index (χ1n) is 11.1. The van der Waals surface area contributed by atoms with E-state index in [1.54, 1.807) is 17.7 Å². The minimum atomic E-state index is -1.30. The summed E-state index contributed by atoms with van der Waals surface area (Å²) in [5.41, 5.74) is 2.81. The molecule has 0 unspecified atom stereocenters. The van der Waals surface area contributed by atoms with Gasteiger partial charge in [0.25, 0.3) is 0 Å². The number of aromatic nitrogens is 5. The number of nitrogens with zero attached hydrogens (tertiary/aromatic N) is 4. The van der Waals surface area contributed by atoms with Gasteiger partial charge in [-0.15, -0.1) is 0 Å². The van der Waals surface area contributed by atoms with Crippen molar-refractivity contribution in [2.75, 3.05) is 12.4 Å². The summed E-state index contributed by atoms with van der Waals surface area (Å²) in [4.78, 5) is 16.6. The van der Waals surface area contributed by atoms with Crippen molar-refractivity contribution in [3.05, 3.63) is 35.4 Å². The number of fused-ring (bicyclic) bond motifs is 1. The number of methoxy groups -OCH3 is 1. The number of aryl methyl sites for hydroxylation is 1. The van der Waals surface area contributed by atoms with Crippen molar-refractivity contribution in [1.82, 2.24) is 30.1 Å². The van der Waals surface area contributed by atoms with Crippen molar-refractivity contribution in [3.8, 4) is 0 Å². The monoisotopic (exact) mass is 457 g/mol. The van der Waals surface area contributed by atoms with Crippen LogP contribution in [0.4, 0.5) is 20.8 Å². The van der Waals surface area contributed by atoms with E-state index in [1.807, 2.05) is 26.1 Å². The van der Waals surface area contributed by atoms with Crippen LogP contribution in [-0.2, 0) is 16.1 Å². The average Bonchev–Trinajstić information content (AvgIpc) is 3.11. The first-order valence-corrected chi connectivity index (χ1v) is 11.1. The third-order valence-corrected chi connectivity index (χ3v) is 6.33. The Hall–Kier alpha value is -3.21. The molecule has 2 aliphatic rings. The Bertz CT molecular complexity index is 1170. The van der Waals surface area contributed by atoms with Crippen LogP contribution in [0.5, 0.6) is 0 Å². The Balaban J connectivity index is 1.27. The number of hydrogen-bond donors (Lipinski definition) is 3. The molecule has 2 aliphatic carbocycles. The smallest absolute Gasteiger partial charge is 0.407 e. The van der Waals surface area contributed by atoms with E-state index in [4.69, 9.17) is 9.47 Å². The molecule has 3 aromatic heterocycles. The molecule has 3 aromatic rings. The van der Waals surface area contributed by atoms with Gasteiger partial charge < -0.3 is 20.1 Å². The number of alkyl carbamates (subject to hydrolysis) is 1. The van der Waals surface area contributed by atoms with Crippen LogP contribution in [-0.4, -0.2) is 55.8 Å². The first kappa shape index (κ1) is 21.6. The zero-order valence-corrected chi connectivity index (χ0v) is 18.9. The van der Waals surface area contributed by atoms with E-state index >= 15 is 4.39 Å². The number of amides is 1. The molecule has 0 aromatic carbocycles. The van der Waals surface area contributed by atoms with Gasteiger partial charge >= 0.3 is 6.09 Å². The molecule has 176 valence electrons. The highest BCUT2D eigenvalue weighted by atomic mass is 19.1. The fourth-order valence-electron chi connectivity index (χ4n) is 4.28. The van der Waals surface area contributed by atoms with Crippen molar-refractivity contribution >= 4 is 23.2 Å². The van der Waals surface area contributed by atoms with Gasteiger partial charge in [0.15, 0.2) is 11.6 Å². The number of rotatable bonds is 7. The summed E-state index contributed by atoms with van der Waals surface area (Å²) in [6, 6.07) is 3.67. The van der Waals surface area contributed by atoms with Crippen LogP contribution in [0.1, 0.15) is 55.6 Å². The molecule has 3 N–H and O–H groups in total. The minimum absolute atomic E-state index is 0.195. The minimum Gasteiger partial charge on any atom is -0.443 e. The van der Waals surface area contributed by atoms with Crippen molar-refractivity contribution in [3.63, 3.8) is 0 Å². The van der Waals surface area contributed by atoms with Crippen molar-refractivity contribution in [2.24, 2.45) is 0 Å². The summed E-state index contributed by atoms with van der Waals surface area (Å²) in [5.74, 6) is 0.698. The Morgan fingerprint density at radius 1 is 1.36 bits per heavy atom. The number of H-pyrrole nitrogens is 1. The topological polar surface area (TPSA) is 118 Å². The maximum Gasteiger partial charge on any atom is 0.407 e. The second-order valence-corrected chi connectivity index (χ2v) is 9.22. The molecule has 0 radical (unpaired) electrons. The van der Waals surface area contributed by atoms with E-state index in [2.05, 4.69) is 30.9 Å². The number of aromatic amines is 1. The number of halogens is 1. The van der Waals surface area contributed by atoms with E-state index < -0.39 is 24.3 Å². The van der Waals surface area contributed by atoms with Crippen molar-refractivity contribution < 1.29 is 18.7 Å². The summed E-state index contributed by atoms with van der Waals surface area (Å²) in [6.45, 7) is 4.23. The molecule has 3 atom stereocenters. The summed E-state index contributed by atoms with van der Waals surface area (Å²) >= 11 is 0. The molecule has 2 saturated carbocycles. The quantitative estimate of drug-likeness (QED) is 0.497. The predicted octanol–water partition coefficient (Wildman–Crippen LogP) is 3.51. The van der Waals surface area contributed by atoms with Gasteiger partial charge in [-0.05, 0) is 45.6 Å². The lowest BCUT2D eigenvalue weighted by Gasteiger charge is -2.19. The van der Waals surface area contributed by atoms with Crippen LogP contribution < -0.4 is 10.6 Å². The van der Waals surface area contributed by atoms with Gasteiger partial charge in [0.05, 0.1) is 24.2 Å². The third kappa shape index (κ3) is 4.50. The SMILES string of the molecule is COCc1cc2c(Nc3cc([C@H]4CC[C@@H](OC(=O)NC5(C)CC5)[C@@H]4F)[nH]n3)nc(C)cn2n1. The molecule has 0 bridgehead atoms. The molecule has 0 spiro atoms. The fraction of sp³-hybridized carbons (Fsp3) is 0.545. The van der Waals surface area contributed by atoms with Gasteiger partial charge in [0, 0.05) is 30.3 Å². The lowest BCUT2D eigenvalue weighted by atomic mass is 10.0. The maximum atomic E-state index is 15.1. The number of anilines is 2. The van der Waals surface area contributed by atoms with Crippen LogP contribution >= 0.6 is 0 Å². The molecule has 0 aliphatic heterocycles. The molecule has 10 nitrogen and oxygen atoms in total. The number of hydrogen-bond acceptors (Lipinski definition) is 7. The van der Waals surface area contributed by atoms with Gasteiger partial charge in [-0.25, -0.2) is 18.7 Å². The van der Waals surface area contributed by atoms with Crippen molar-refractivity contribution in [1.29, 1.82) is 0 Å². The van der Waals surface area contributed by atoms with Gasteiger partial charge in [0.1, 0.15) is 17.8 Å². The zero-order chi connectivity index (χ0) is 23.2. The van der Waals surface area contributed by atoms with E-state index in [1.165, 1.54) is 0 Å². The number of alkyl halides is 1. The van der Waals surface area contributed by atoms with Gasteiger partial charge in [-0.1, -0.05) is 0 Å². The lowest BCUT2D eigenvalue weighted by Crippen LogP contribution is -2.38. The second kappa shape index (κ2) is 8.29. The lowest BCUT2D eigenvalue weighted by molar-refractivity contribution is 0.0546. The molecule has 5 rings (SSSR count). The average molecular weight is 458 g/mol. The van der Waals surface area contributed by atoms with Gasteiger partial charge in [0.2, 0.25) is 0 Å². The predicted molar refractivity (Wildman–Crippen MR) is 118 cm³/mol. The molecular weight excluding hydrogens is 429 g/mol. The number of carbonyl (C=O) groups excluding carboxylic acids is 1. The highest BCUT2D eigenvalue weighted by Crippen LogP contribution is 2.39. The highest BCUT2D eigenvalue weighted by Gasteiger charge is 2.43. The largest absolute Gasteiger partial charge is 0.443 e. The number of nitrogens with one attached hydrogen (secondary N) is 3. The Kier molecular flexibility index (Phi) is 5.43. The zero-order valence-electron chi connectivity index (χ0n) is 18.9. The summed E-state index contributed by atoms with van der Waals surface area (Å²) in [7, 11) is 1.62. The summed E-state index contributed by atoms with van der Waals surface area (Å²) < 4.78 is 27.4. The normalized spacial score (nSPS) is 23.6. The van der Waals surface area contributed by atoms with Crippen LogP contribution in [0.2, 0.25) is 0 Å². The third-order valence-electron chi connectivity index (χ3n) is 6.33. The van der Waals surface area contributed by atoms with Gasteiger partial charge in [-0.3, -0.25) is 5.10 Å². The molecule has 3 heterocycles. The number of carbonyl (C=O) groups is 1. The Morgan fingerprint density at radius 3 is 2.94 bits per heavy atom.